The van der Waals surface area contributed by atoms with Crippen molar-refractivity contribution in [1.29, 1.82) is 0 Å². The Hall–Kier alpha value is -0.700. The van der Waals surface area contributed by atoms with Crippen LogP contribution in [0.15, 0.2) is 0 Å². The molecule has 122 valence electrons. The maximum Gasteiger partial charge on any atom is 0.222 e. The topological polar surface area (TPSA) is 104 Å². The van der Waals surface area contributed by atoms with Crippen molar-refractivity contribution >= 4 is 15.9 Å². The molecule has 1 amide bonds. The number of nitrogens with two attached hydrogens (primary N) is 1. The van der Waals surface area contributed by atoms with Crippen LogP contribution in [0.2, 0.25) is 0 Å². The van der Waals surface area contributed by atoms with Crippen molar-refractivity contribution in [2.24, 2.45) is 11.1 Å². The van der Waals surface area contributed by atoms with Crippen molar-refractivity contribution in [3.63, 3.8) is 0 Å². The maximum absolute atomic E-state index is 11.8. The van der Waals surface area contributed by atoms with E-state index in [9.17, 15) is 18.3 Å². The number of likely N-dealkylation sites (tertiary alicyclic amines) is 2. The number of hydrogen-bond acceptors (Lipinski definition) is 5. The molecule has 7 nitrogen and oxygen atoms in total. The SMILES string of the molecule is NS(=O)(=O)CC1CC(=O)N(CCCN2CCC(O)CC2)C1. The molecule has 3 N–H and O–H groups in total. The summed E-state index contributed by atoms with van der Waals surface area (Å²) in [6.07, 6.45) is 2.63. The molecule has 1 unspecified atom stereocenters. The molecule has 0 spiro atoms. The summed E-state index contributed by atoms with van der Waals surface area (Å²) >= 11 is 0. The number of primary sulfonamides is 1. The lowest BCUT2D eigenvalue weighted by molar-refractivity contribution is -0.127. The van der Waals surface area contributed by atoms with Crippen molar-refractivity contribution < 1.29 is 18.3 Å². The molecule has 2 saturated heterocycles. The second-order valence-corrected chi connectivity index (χ2v) is 7.82. The predicted molar refractivity (Wildman–Crippen MR) is 79.0 cm³/mol. The Morgan fingerprint density at radius 1 is 1.24 bits per heavy atom. The average Bonchev–Trinajstić information content (AvgIpc) is 2.70. The quantitative estimate of drug-likeness (QED) is 0.651. The van der Waals surface area contributed by atoms with Crippen LogP contribution in [0.3, 0.4) is 0 Å². The van der Waals surface area contributed by atoms with E-state index >= 15 is 0 Å². The molecule has 2 rings (SSSR count). The van der Waals surface area contributed by atoms with Crippen LogP contribution in [0.1, 0.15) is 25.7 Å². The summed E-state index contributed by atoms with van der Waals surface area (Å²) in [6.45, 7) is 3.88. The van der Waals surface area contributed by atoms with Gasteiger partial charge in [0.15, 0.2) is 0 Å². The molecule has 2 aliphatic heterocycles. The van der Waals surface area contributed by atoms with Crippen molar-refractivity contribution in [1.82, 2.24) is 9.80 Å². The molecule has 0 radical (unpaired) electrons. The first-order valence-electron chi connectivity index (χ1n) is 7.52. The molecule has 0 saturated carbocycles. The van der Waals surface area contributed by atoms with Gasteiger partial charge in [-0.05, 0) is 25.8 Å². The molecule has 1 atom stereocenters. The number of piperidine rings is 1. The van der Waals surface area contributed by atoms with Crippen LogP contribution in [-0.2, 0) is 14.8 Å². The van der Waals surface area contributed by atoms with Crippen LogP contribution in [0, 0.1) is 5.92 Å². The van der Waals surface area contributed by atoms with Gasteiger partial charge >= 0.3 is 0 Å². The molecule has 8 heteroatoms. The van der Waals surface area contributed by atoms with Gasteiger partial charge in [0.25, 0.3) is 0 Å². The Morgan fingerprint density at radius 3 is 2.52 bits per heavy atom. The lowest BCUT2D eigenvalue weighted by Gasteiger charge is -2.30. The minimum Gasteiger partial charge on any atom is -0.393 e. The van der Waals surface area contributed by atoms with E-state index in [2.05, 4.69) is 4.90 Å². The van der Waals surface area contributed by atoms with Crippen LogP contribution in [0.25, 0.3) is 0 Å². The molecule has 2 fully saturated rings. The van der Waals surface area contributed by atoms with Crippen LogP contribution in [0.5, 0.6) is 0 Å². The standard InChI is InChI=1S/C13H25N3O4S/c14-21(19,20)10-11-8-13(18)16(9-11)5-1-4-15-6-2-12(17)3-7-15/h11-12,17H,1-10H2,(H2,14,19,20). The summed E-state index contributed by atoms with van der Waals surface area (Å²) in [5.74, 6) is -0.255. The Morgan fingerprint density at radius 2 is 1.90 bits per heavy atom. The summed E-state index contributed by atoms with van der Waals surface area (Å²) in [6, 6.07) is 0. The van der Waals surface area contributed by atoms with Gasteiger partial charge in [0.2, 0.25) is 15.9 Å². The smallest absolute Gasteiger partial charge is 0.222 e. The maximum atomic E-state index is 11.8. The van der Waals surface area contributed by atoms with Gasteiger partial charge in [-0.2, -0.15) is 0 Å². The molecule has 21 heavy (non-hydrogen) atoms. The summed E-state index contributed by atoms with van der Waals surface area (Å²) in [7, 11) is -3.51. The minimum atomic E-state index is -3.51. The van der Waals surface area contributed by atoms with E-state index in [0.717, 1.165) is 38.9 Å². The van der Waals surface area contributed by atoms with Crippen molar-refractivity contribution in [3.05, 3.63) is 0 Å². The Labute approximate surface area is 126 Å². The zero-order valence-electron chi connectivity index (χ0n) is 12.3. The first-order chi connectivity index (χ1) is 9.83. The van der Waals surface area contributed by atoms with Crippen molar-refractivity contribution in [2.75, 3.05) is 38.5 Å². The highest BCUT2D eigenvalue weighted by atomic mass is 32.2. The van der Waals surface area contributed by atoms with E-state index in [1.54, 1.807) is 4.90 Å². The second kappa shape index (κ2) is 7.04. The monoisotopic (exact) mass is 319 g/mol. The van der Waals surface area contributed by atoms with E-state index in [1.807, 2.05) is 0 Å². The lowest BCUT2D eigenvalue weighted by atomic mass is 10.1. The van der Waals surface area contributed by atoms with Gasteiger partial charge in [-0.1, -0.05) is 0 Å². The molecule has 0 aromatic heterocycles. The van der Waals surface area contributed by atoms with E-state index in [1.165, 1.54) is 0 Å². The number of carbonyl (C=O) groups excluding carboxylic acids is 1. The number of aliphatic hydroxyl groups is 1. The van der Waals surface area contributed by atoms with Crippen LogP contribution >= 0.6 is 0 Å². The number of rotatable bonds is 6. The van der Waals surface area contributed by atoms with Gasteiger partial charge in [-0.15, -0.1) is 0 Å². The van der Waals surface area contributed by atoms with Crippen molar-refractivity contribution in [2.45, 2.75) is 31.8 Å². The predicted octanol–water partition coefficient (Wildman–Crippen LogP) is -1.03. The zero-order chi connectivity index (χ0) is 15.5. The third kappa shape index (κ3) is 5.54. The number of carbonyl (C=O) groups is 1. The zero-order valence-corrected chi connectivity index (χ0v) is 13.1. The van der Waals surface area contributed by atoms with Crippen LogP contribution in [0.4, 0.5) is 0 Å². The first-order valence-corrected chi connectivity index (χ1v) is 9.23. The summed E-state index contributed by atoms with van der Waals surface area (Å²) in [4.78, 5) is 15.9. The highest BCUT2D eigenvalue weighted by Crippen LogP contribution is 2.19. The molecule has 0 aromatic carbocycles. The van der Waals surface area contributed by atoms with Gasteiger partial charge < -0.3 is 14.9 Å². The Kier molecular flexibility index (Phi) is 5.59. The van der Waals surface area contributed by atoms with E-state index in [4.69, 9.17) is 5.14 Å². The fraction of sp³-hybridized carbons (Fsp3) is 0.923. The lowest BCUT2D eigenvalue weighted by Crippen LogP contribution is -2.38. The molecule has 0 aliphatic carbocycles. The molecule has 2 aliphatic rings. The fourth-order valence-electron chi connectivity index (χ4n) is 3.14. The average molecular weight is 319 g/mol. The Bertz CT molecular complexity index is 460. The normalized spacial score (nSPS) is 25.7. The minimum absolute atomic E-state index is 0.0257. The number of amides is 1. The fourth-order valence-corrected chi connectivity index (χ4v) is 4.02. The van der Waals surface area contributed by atoms with Crippen LogP contribution in [-0.4, -0.2) is 73.8 Å². The van der Waals surface area contributed by atoms with Crippen LogP contribution < -0.4 is 5.14 Å². The van der Waals surface area contributed by atoms with Gasteiger partial charge in [0.05, 0.1) is 11.9 Å². The highest BCUT2D eigenvalue weighted by Gasteiger charge is 2.31. The van der Waals surface area contributed by atoms with E-state index in [0.29, 0.717) is 13.1 Å². The third-order valence-electron chi connectivity index (χ3n) is 4.22. The van der Waals surface area contributed by atoms with Crippen molar-refractivity contribution in [3.8, 4) is 0 Å². The first kappa shape index (κ1) is 16.7. The molecule has 0 bridgehead atoms. The largest absolute Gasteiger partial charge is 0.393 e. The van der Waals surface area contributed by atoms with E-state index < -0.39 is 10.0 Å². The van der Waals surface area contributed by atoms with E-state index in [-0.39, 0.29) is 30.1 Å². The summed E-state index contributed by atoms with van der Waals surface area (Å²) in [5.41, 5.74) is 0. The highest BCUT2D eigenvalue weighted by molar-refractivity contribution is 7.89. The molecular formula is C13H25N3O4S. The number of hydrogen-bond donors (Lipinski definition) is 2. The molecule has 0 aromatic rings. The summed E-state index contributed by atoms with van der Waals surface area (Å²) in [5, 5.41) is 14.5. The van der Waals surface area contributed by atoms with Gasteiger partial charge in [-0.3, -0.25) is 4.79 Å². The summed E-state index contributed by atoms with van der Waals surface area (Å²) < 4.78 is 22.1. The number of nitrogens with zero attached hydrogens (tertiary/aromatic N) is 2. The van der Waals surface area contributed by atoms with Gasteiger partial charge in [-0.25, -0.2) is 13.6 Å². The van der Waals surface area contributed by atoms with Gasteiger partial charge in [0.1, 0.15) is 0 Å². The third-order valence-corrected chi connectivity index (χ3v) is 5.16. The Balaban J connectivity index is 1.68. The number of sulfonamides is 1. The van der Waals surface area contributed by atoms with Gasteiger partial charge in [0, 0.05) is 38.5 Å². The molecular weight excluding hydrogens is 294 g/mol. The number of aliphatic hydroxyl groups excluding tert-OH is 1. The molecule has 2 heterocycles. The second-order valence-electron chi connectivity index (χ2n) is 6.17.